The summed E-state index contributed by atoms with van der Waals surface area (Å²) < 4.78 is 5.19. The number of aromatic amines is 1. The van der Waals surface area contributed by atoms with Crippen molar-refractivity contribution in [3.8, 4) is 11.6 Å². The van der Waals surface area contributed by atoms with E-state index in [-0.39, 0.29) is 11.9 Å². The third-order valence-electron chi connectivity index (χ3n) is 2.78. The molecule has 2 N–H and O–H groups in total. The fourth-order valence-electron chi connectivity index (χ4n) is 1.72. The van der Waals surface area contributed by atoms with Crippen LogP contribution in [0.2, 0.25) is 0 Å². The molecule has 0 atom stereocenters. The summed E-state index contributed by atoms with van der Waals surface area (Å²) in [6.07, 6.45) is 1.54. The normalized spacial score (nSPS) is 10.4. The maximum Gasteiger partial charge on any atom is 0.258 e. The van der Waals surface area contributed by atoms with Crippen LogP contribution in [0.15, 0.2) is 47.1 Å². The lowest BCUT2D eigenvalue weighted by molar-refractivity contribution is 0.102. The fraction of sp³-hybridized carbons (Fsp3) is 0.0714. The quantitative estimate of drug-likeness (QED) is 0.764. The summed E-state index contributed by atoms with van der Waals surface area (Å²) in [6, 6.07) is 10.8. The predicted molar refractivity (Wildman–Crippen MR) is 73.2 cm³/mol. The van der Waals surface area contributed by atoms with Gasteiger partial charge in [-0.05, 0) is 31.2 Å². The monoisotopic (exact) mass is 268 g/mol. The minimum Gasteiger partial charge on any atom is -0.461 e. The van der Waals surface area contributed by atoms with E-state index in [4.69, 9.17) is 4.42 Å². The van der Waals surface area contributed by atoms with E-state index in [0.29, 0.717) is 17.1 Å². The van der Waals surface area contributed by atoms with Crippen LogP contribution in [0, 0.1) is 6.92 Å². The molecular weight excluding hydrogens is 256 g/mol. The Kier molecular flexibility index (Phi) is 3.04. The van der Waals surface area contributed by atoms with Crippen LogP contribution < -0.4 is 5.32 Å². The number of carbonyl (C=O) groups excluding carboxylic acids is 1. The van der Waals surface area contributed by atoms with Crippen LogP contribution in [0.4, 0.5) is 5.95 Å². The first-order valence-corrected chi connectivity index (χ1v) is 6.07. The molecular formula is C14H12N4O2. The fourth-order valence-corrected chi connectivity index (χ4v) is 1.72. The van der Waals surface area contributed by atoms with Crippen molar-refractivity contribution in [3.63, 3.8) is 0 Å². The molecule has 0 aliphatic heterocycles. The van der Waals surface area contributed by atoms with E-state index < -0.39 is 0 Å². The van der Waals surface area contributed by atoms with Crippen molar-refractivity contribution in [3.05, 3.63) is 53.8 Å². The van der Waals surface area contributed by atoms with Gasteiger partial charge in [-0.1, -0.05) is 17.7 Å². The van der Waals surface area contributed by atoms with E-state index in [1.807, 2.05) is 19.1 Å². The highest BCUT2D eigenvalue weighted by Gasteiger charge is 2.11. The third kappa shape index (κ3) is 2.44. The minimum absolute atomic E-state index is 0.210. The highest BCUT2D eigenvalue weighted by molar-refractivity contribution is 6.03. The molecule has 0 unspecified atom stereocenters. The zero-order valence-electron chi connectivity index (χ0n) is 10.8. The number of nitrogens with zero attached hydrogens (tertiary/aromatic N) is 2. The molecule has 100 valence electrons. The number of rotatable bonds is 3. The summed E-state index contributed by atoms with van der Waals surface area (Å²) in [7, 11) is 0. The Morgan fingerprint density at radius 1 is 1.25 bits per heavy atom. The van der Waals surface area contributed by atoms with Gasteiger partial charge in [-0.15, -0.1) is 5.10 Å². The Morgan fingerprint density at radius 3 is 2.75 bits per heavy atom. The second kappa shape index (κ2) is 5.00. The number of nitrogens with one attached hydrogen (secondary N) is 2. The van der Waals surface area contributed by atoms with Crippen molar-refractivity contribution in [2.45, 2.75) is 6.92 Å². The van der Waals surface area contributed by atoms with E-state index in [1.165, 1.54) is 0 Å². The van der Waals surface area contributed by atoms with E-state index in [2.05, 4.69) is 20.5 Å². The van der Waals surface area contributed by atoms with Gasteiger partial charge >= 0.3 is 0 Å². The number of hydrogen-bond donors (Lipinski definition) is 2. The van der Waals surface area contributed by atoms with Crippen LogP contribution in [0.25, 0.3) is 11.6 Å². The average molecular weight is 268 g/mol. The molecule has 1 aromatic carbocycles. The van der Waals surface area contributed by atoms with Crippen LogP contribution in [0.5, 0.6) is 0 Å². The molecule has 0 bridgehead atoms. The third-order valence-corrected chi connectivity index (χ3v) is 2.78. The summed E-state index contributed by atoms with van der Waals surface area (Å²) in [4.78, 5) is 16.1. The molecule has 0 saturated heterocycles. The Morgan fingerprint density at radius 2 is 2.05 bits per heavy atom. The summed E-state index contributed by atoms with van der Waals surface area (Å²) in [6.45, 7) is 1.96. The van der Waals surface area contributed by atoms with E-state index in [1.54, 1.807) is 30.5 Å². The van der Waals surface area contributed by atoms with Crippen molar-refractivity contribution in [2.24, 2.45) is 0 Å². The standard InChI is InChI=1S/C14H12N4O2/c1-9-4-6-10(7-5-9)13(19)16-14-15-12(17-18-14)11-3-2-8-20-11/h2-8H,1H3,(H2,15,16,17,18,19). The van der Waals surface area contributed by atoms with Crippen LogP contribution in [-0.2, 0) is 0 Å². The number of aryl methyl sites for hydroxylation is 1. The van der Waals surface area contributed by atoms with Gasteiger partial charge in [0, 0.05) is 5.56 Å². The van der Waals surface area contributed by atoms with E-state index >= 15 is 0 Å². The lowest BCUT2D eigenvalue weighted by Gasteiger charge is -2.00. The second-order valence-electron chi connectivity index (χ2n) is 4.31. The first-order chi connectivity index (χ1) is 9.72. The van der Waals surface area contributed by atoms with Gasteiger partial charge in [0.15, 0.2) is 11.6 Å². The lowest BCUT2D eigenvalue weighted by Crippen LogP contribution is -2.12. The Hall–Kier alpha value is -2.89. The molecule has 2 heterocycles. The first kappa shape index (κ1) is 12.2. The molecule has 6 heteroatoms. The van der Waals surface area contributed by atoms with Crippen molar-refractivity contribution < 1.29 is 9.21 Å². The van der Waals surface area contributed by atoms with Crippen molar-refractivity contribution >= 4 is 11.9 Å². The number of anilines is 1. The molecule has 2 aromatic heterocycles. The number of H-pyrrole nitrogens is 1. The van der Waals surface area contributed by atoms with Gasteiger partial charge in [0.05, 0.1) is 6.26 Å². The Bertz CT molecular complexity index is 714. The molecule has 0 aliphatic rings. The number of benzene rings is 1. The predicted octanol–water partition coefficient (Wildman–Crippen LogP) is 2.63. The molecule has 0 saturated carbocycles. The molecule has 3 rings (SSSR count). The van der Waals surface area contributed by atoms with Gasteiger partial charge < -0.3 is 4.42 Å². The number of aromatic nitrogens is 3. The van der Waals surface area contributed by atoms with Gasteiger partial charge in [0.2, 0.25) is 5.95 Å². The largest absolute Gasteiger partial charge is 0.461 e. The second-order valence-corrected chi connectivity index (χ2v) is 4.31. The number of furan rings is 1. The molecule has 0 spiro atoms. The zero-order valence-corrected chi connectivity index (χ0v) is 10.8. The number of amides is 1. The minimum atomic E-state index is -0.255. The van der Waals surface area contributed by atoms with Crippen molar-refractivity contribution in [1.29, 1.82) is 0 Å². The van der Waals surface area contributed by atoms with Gasteiger partial charge in [-0.25, -0.2) is 0 Å². The topological polar surface area (TPSA) is 83.8 Å². The van der Waals surface area contributed by atoms with Gasteiger partial charge in [-0.3, -0.25) is 15.2 Å². The zero-order chi connectivity index (χ0) is 13.9. The molecule has 3 aromatic rings. The molecule has 20 heavy (non-hydrogen) atoms. The number of carbonyl (C=O) groups is 1. The molecule has 0 aliphatic carbocycles. The summed E-state index contributed by atoms with van der Waals surface area (Å²) in [5.41, 5.74) is 1.65. The summed E-state index contributed by atoms with van der Waals surface area (Å²) in [5.74, 6) is 0.986. The van der Waals surface area contributed by atoms with Gasteiger partial charge in [0.1, 0.15) is 0 Å². The Balaban J connectivity index is 1.75. The van der Waals surface area contributed by atoms with Crippen LogP contribution in [0.3, 0.4) is 0 Å². The van der Waals surface area contributed by atoms with Crippen molar-refractivity contribution in [2.75, 3.05) is 5.32 Å². The molecule has 1 amide bonds. The van der Waals surface area contributed by atoms with E-state index in [9.17, 15) is 4.79 Å². The lowest BCUT2D eigenvalue weighted by atomic mass is 10.1. The van der Waals surface area contributed by atoms with Crippen molar-refractivity contribution in [1.82, 2.24) is 15.2 Å². The highest BCUT2D eigenvalue weighted by atomic mass is 16.3. The van der Waals surface area contributed by atoms with Gasteiger partial charge in [0.25, 0.3) is 5.91 Å². The number of hydrogen-bond acceptors (Lipinski definition) is 4. The van der Waals surface area contributed by atoms with Crippen LogP contribution in [-0.4, -0.2) is 21.1 Å². The van der Waals surface area contributed by atoms with Crippen LogP contribution in [0.1, 0.15) is 15.9 Å². The maximum atomic E-state index is 12.0. The smallest absolute Gasteiger partial charge is 0.258 e. The summed E-state index contributed by atoms with van der Waals surface area (Å²) >= 11 is 0. The average Bonchev–Trinajstić information content (AvgIpc) is 3.09. The Labute approximate surface area is 114 Å². The highest BCUT2D eigenvalue weighted by Crippen LogP contribution is 2.16. The first-order valence-electron chi connectivity index (χ1n) is 6.07. The van der Waals surface area contributed by atoms with E-state index in [0.717, 1.165) is 5.56 Å². The van der Waals surface area contributed by atoms with Crippen LogP contribution >= 0.6 is 0 Å². The molecule has 0 fully saturated rings. The SMILES string of the molecule is Cc1ccc(C(=O)Nc2n[nH]c(-c3ccco3)n2)cc1. The molecule has 6 nitrogen and oxygen atoms in total. The molecule has 0 radical (unpaired) electrons. The van der Waals surface area contributed by atoms with Gasteiger partial charge in [-0.2, -0.15) is 4.98 Å². The summed E-state index contributed by atoms with van der Waals surface area (Å²) in [5, 5.41) is 9.26. The maximum absolute atomic E-state index is 12.0.